The number of rotatable bonds is 8. The predicted octanol–water partition coefficient (Wildman–Crippen LogP) is 3.65. The third-order valence-electron chi connectivity index (χ3n) is 4.24. The summed E-state index contributed by atoms with van der Waals surface area (Å²) in [5.41, 5.74) is 2.41. The molecule has 25 heavy (non-hydrogen) atoms. The van der Waals surface area contributed by atoms with Gasteiger partial charge in [-0.25, -0.2) is 0 Å². The molecule has 3 atom stereocenters. The largest absolute Gasteiger partial charge is 0.507 e. The van der Waals surface area contributed by atoms with E-state index in [1.54, 1.807) is 31.3 Å². The van der Waals surface area contributed by atoms with Crippen molar-refractivity contribution in [2.75, 3.05) is 0 Å². The lowest BCUT2D eigenvalue weighted by Gasteiger charge is -2.22. The number of benzene rings is 1. The van der Waals surface area contributed by atoms with Gasteiger partial charge in [0, 0.05) is 17.7 Å². The fourth-order valence-electron chi connectivity index (χ4n) is 2.80. The molecule has 0 amide bonds. The van der Waals surface area contributed by atoms with Gasteiger partial charge in [0.15, 0.2) is 0 Å². The number of pyridine rings is 1. The van der Waals surface area contributed by atoms with Gasteiger partial charge in [-0.15, -0.1) is 6.58 Å². The number of phenols is 1. The Bertz CT molecular complexity index is 710. The van der Waals surface area contributed by atoms with Crippen molar-refractivity contribution >= 4 is 11.6 Å². The first-order chi connectivity index (χ1) is 12.0. The fourth-order valence-corrected chi connectivity index (χ4v) is 2.80. The number of nitrogens with zero attached hydrogens (tertiary/aromatic N) is 1. The molecule has 1 aromatic heterocycles. The summed E-state index contributed by atoms with van der Waals surface area (Å²) in [4.78, 5) is 4.38. The van der Waals surface area contributed by atoms with Crippen LogP contribution in [0, 0.1) is 5.92 Å². The molecule has 0 aliphatic rings. The van der Waals surface area contributed by atoms with Crippen LogP contribution in [0.2, 0.25) is 0 Å². The van der Waals surface area contributed by atoms with E-state index in [-0.39, 0.29) is 11.7 Å². The summed E-state index contributed by atoms with van der Waals surface area (Å²) in [7, 11) is 0. The minimum atomic E-state index is -0.700. The van der Waals surface area contributed by atoms with Gasteiger partial charge in [0.1, 0.15) is 5.75 Å². The Balaban J connectivity index is 2.25. The van der Waals surface area contributed by atoms with Gasteiger partial charge in [-0.1, -0.05) is 30.3 Å². The summed E-state index contributed by atoms with van der Waals surface area (Å²) in [5.74, 6) is -0.181. The summed E-state index contributed by atoms with van der Waals surface area (Å²) in [6.45, 7) is 5.33. The van der Waals surface area contributed by atoms with E-state index in [0.717, 1.165) is 11.3 Å². The van der Waals surface area contributed by atoms with E-state index < -0.39 is 12.2 Å². The first kappa shape index (κ1) is 18.9. The zero-order valence-corrected chi connectivity index (χ0v) is 14.4. The van der Waals surface area contributed by atoms with Crippen LogP contribution in [0.3, 0.4) is 0 Å². The second-order valence-electron chi connectivity index (χ2n) is 6.10. The summed E-state index contributed by atoms with van der Waals surface area (Å²) >= 11 is 0. The number of aromatic nitrogens is 1. The van der Waals surface area contributed by atoms with Gasteiger partial charge in [0.05, 0.1) is 17.9 Å². The molecule has 4 heteroatoms. The zero-order chi connectivity index (χ0) is 18.2. The van der Waals surface area contributed by atoms with Gasteiger partial charge >= 0.3 is 0 Å². The highest BCUT2D eigenvalue weighted by Gasteiger charge is 2.21. The van der Waals surface area contributed by atoms with E-state index in [4.69, 9.17) is 0 Å². The third-order valence-corrected chi connectivity index (χ3v) is 4.24. The Morgan fingerprint density at radius 1 is 1.16 bits per heavy atom. The maximum absolute atomic E-state index is 10.4. The molecule has 1 heterocycles. The van der Waals surface area contributed by atoms with Crippen LogP contribution in [0.15, 0.2) is 61.3 Å². The van der Waals surface area contributed by atoms with Gasteiger partial charge < -0.3 is 15.3 Å². The Hall–Kier alpha value is -2.43. The Morgan fingerprint density at radius 3 is 2.48 bits per heavy atom. The molecule has 0 unspecified atom stereocenters. The normalized spacial score (nSPS) is 15.4. The first-order valence-electron chi connectivity index (χ1n) is 8.41. The Kier molecular flexibility index (Phi) is 6.92. The molecule has 3 N–H and O–H groups in total. The molecule has 132 valence electrons. The standard InChI is InChI=1S/C21H25NO3/c1-3-18(15(2)23)21(25)12-11-16(19-9-6-7-13-22-19)14-17-8-4-5-10-20(17)24/h3-10,13-15,18,21,23-25H,1,11-12H2,2H3/b16-14-/t15-,18+,21-/m1/s1. The minimum Gasteiger partial charge on any atom is -0.507 e. The lowest BCUT2D eigenvalue weighted by Crippen LogP contribution is -2.28. The molecule has 1 aromatic carbocycles. The summed E-state index contributed by atoms with van der Waals surface area (Å²) in [5, 5.41) is 30.1. The highest BCUT2D eigenvalue weighted by atomic mass is 16.3. The first-order valence-corrected chi connectivity index (χ1v) is 8.41. The summed E-state index contributed by atoms with van der Waals surface area (Å²) in [6, 6.07) is 12.7. The predicted molar refractivity (Wildman–Crippen MR) is 101 cm³/mol. The molecule has 0 radical (unpaired) electrons. The van der Waals surface area contributed by atoms with Crippen LogP contribution in [0.1, 0.15) is 31.0 Å². The van der Waals surface area contributed by atoms with E-state index in [2.05, 4.69) is 11.6 Å². The number of hydrogen-bond acceptors (Lipinski definition) is 4. The highest BCUT2D eigenvalue weighted by Crippen LogP contribution is 2.27. The van der Waals surface area contributed by atoms with Gasteiger partial charge in [-0.05, 0) is 49.6 Å². The Labute approximate surface area is 148 Å². The summed E-state index contributed by atoms with van der Waals surface area (Å²) in [6.07, 6.45) is 4.84. The number of aliphatic hydroxyl groups excluding tert-OH is 2. The molecule has 0 spiro atoms. The maximum Gasteiger partial charge on any atom is 0.122 e. The SMILES string of the molecule is C=C[C@H]([C@H](O)CC/C(=C/c1ccccc1O)c1ccccn1)[C@@H](C)O. The Morgan fingerprint density at radius 2 is 1.88 bits per heavy atom. The minimum absolute atomic E-state index is 0.199. The van der Waals surface area contributed by atoms with Crippen molar-refractivity contribution in [3.05, 3.63) is 72.6 Å². The molecule has 0 saturated heterocycles. The van der Waals surface area contributed by atoms with Crippen LogP contribution in [0.4, 0.5) is 0 Å². The van der Waals surface area contributed by atoms with E-state index >= 15 is 0 Å². The van der Waals surface area contributed by atoms with Crippen LogP contribution in [0.5, 0.6) is 5.75 Å². The van der Waals surface area contributed by atoms with Crippen LogP contribution in [-0.2, 0) is 0 Å². The molecule has 0 bridgehead atoms. The molecule has 2 rings (SSSR count). The lowest BCUT2D eigenvalue weighted by atomic mass is 9.91. The summed E-state index contributed by atoms with van der Waals surface area (Å²) < 4.78 is 0. The quantitative estimate of drug-likeness (QED) is 0.642. The van der Waals surface area contributed by atoms with Crippen molar-refractivity contribution in [3.63, 3.8) is 0 Å². The van der Waals surface area contributed by atoms with Crippen LogP contribution in [-0.4, -0.2) is 32.5 Å². The molecule has 2 aromatic rings. The van der Waals surface area contributed by atoms with Crippen molar-refractivity contribution < 1.29 is 15.3 Å². The third kappa shape index (κ3) is 5.28. The molecule has 0 fully saturated rings. The highest BCUT2D eigenvalue weighted by molar-refractivity contribution is 5.81. The van der Waals surface area contributed by atoms with Gasteiger partial charge in [-0.2, -0.15) is 0 Å². The molecule has 4 nitrogen and oxygen atoms in total. The zero-order valence-electron chi connectivity index (χ0n) is 14.4. The second-order valence-corrected chi connectivity index (χ2v) is 6.10. The van der Waals surface area contributed by atoms with Crippen molar-refractivity contribution in [1.82, 2.24) is 4.98 Å². The second kappa shape index (κ2) is 9.16. The van der Waals surface area contributed by atoms with E-state index in [1.165, 1.54) is 0 Å². The number of aromatic hydroxyl groups is 1. The average molecular weight is 339 g/mol. The fraction of sp³-hybridized carbons (Fsp3) is 0.286. The van der Waals surface area contributed by atoms with Crippen molar-refractivity contribution in [3.8, 4) is 5.75 Å². The van der Waals surface area contributed by atoms with Gasteiger partial charge in [0.25, 0.3) is 0 Å². The van der Waals surface area contributed by atoms with Gasteiger partial charge in [-0.3, -0.25) is 4.98 Å². The lowest BCUT2D eigenvalue weighted by molar-refractivity contribution is 0.0429. The monoisotopic (exact) mass is 339 g/mol. The number of allylic oxidation sites excluding steroid dienone is 1. The number of para-hydroxylation sites is 1. The number of aliphatic hydroxyl groups is 2. The maximum atomic E-state index is 10.4. The van der Waals surface area contributed by atoms with Crippen LogP contribution >= 0.6 is 0 Å². The smallest absolute Gasteiger partial charge is 0.122 e. The average Bonchev–Trinajstić information content (AvgIpc) is 2.61. The van der Waals surface area contributed by atoms with Crippen LogP contribution in [0.25, 0.3) is 11.6 Å². The van der Waals surface area contributed by atoms with Gasteiger partial charge in [0.2, 0.25) is 0 Å². The van der Waals surface area contributed by atoms with E-state index in [9.17, 15) is 15.3 Å². The molecular formula is C21H25NO3. The number of phenolic OH excluding ortho intramolecular Hbond substituents is 1. The topological polar surface area (TPSA) is 73.6 Å². The van der Waals surface area contributed by atoms with Crippen molar-refractivity contribution in [1.29, 1.82) is 0 Å². The van der Waals surface area contributed by atoms with Crippen LogP contribution < -0.4 is 0 Å². The molecule has 0 saturated carbocycles. The van der Waals surface area contributed by atoms with E-state index in [1.807, 2.05) is 36.4 Å². The molecular weight excluding hydrogens is 314 g/mol. The molecule has 0 aliphatic carbocycles. The van der Waals surface area contributed by atoms with E-state index in [0.29, 0.717) is 18.4 Å². The number of hydrogen-bond donors (Lipinski definition) is 3. The molecule has 0 aliphatic heterocycles. The van der Waals surface area contributed by atoms with Crippen molar-refractivity contribution in [2.45, 2.75) is 32.0 Å². The van der Waals surface area contributed by atoms with Crippen molar-refractivity contribution in [2.24, 2.45) is 5.92 Å².